The summed E-state index contributed by atoms with van der Waals surface area (Å²) < 4.78 is 0. The Morgan fingerprint density at radius 2 is 2.07 bits per heavy atom. The second-order valence-corrected chi connectivity index (χ2v) is 4.85. The third kappa shape index (κ3) is 1.51. The van der Waals surface area contributed by atoms with Gasteiger partial charge >= 0.3 is 0 Å². The molecule has 0 saturated carbocycles. The zero-order valence-corrected chi connectivity index (χ0v) is 9.00. The van der Waals surface area contributed by atoms with E-state index in [1.807, 2.05) is 9.91 Å². The first-order chi connectivity index (χ1) is 6.50. The second kappa shape index (κ2) is 3.18. The van der Waals surface area contributed by atoms with Crippen molar-refractivity contribution < 1.29 is 4.79 Å². The summed E-state index contributed by atoms with van der Waals surface area (Å²) in [4.78, 5) is 13.9. The molecule has 1 amide bonds. The van der Waals surface area contributed by atoms with Crippen LogP contribution in [0.15, 0.2) is 0 Å². The van der Waals surface area contributed by atoms with Crippen molar-refractivity contribution in [2.75, 3.05) is 19.9 Å². The first-order valence-corrected chi connectivity index (χ1v) is 5.02. The molecule has 14 heavy (non-hydrogen) atoms. The molecule has 0 aromatic carbocycles. The van der Waals surface area contributed by atoms with Gasteiger partial charge in [-0.2, -0.15) is 0 Å². The molecule has 0 spiro atoms. The van der Waals surface area contributed by atoms with Gasteiger partial charge in [-0.1, -0.05) is 0 Å². The lowest BCUT2D eigenvalue weighted by Crippen LogP contribution is -2.65. The molecule has 1 unspecified atom stereocenters. The van der Waals surface area contributed by atoms with E-state index in [0.717, 1.165) is 13.2 Å². The Balaban J connectivity index is 2.13. The highest BCUT2D eigenvalue weighted by Crippen LogP contribution is 2.19. The van der Waals surface area contributed by atoms with Crippen molar-refractivity contribution in [1.29, 1.82) is 0 Å². The number of fused-ring (bicyclic) bond motifs is 1. The normalized spacial score (nSPS) is 29.5. The fraction of sp³-hybridized carbons (Fsp3) is 0.889. The molecule has 0 aliphatic carbocycles. The molecule has 2 aliphatic rings. The molecule has 5 heteroatoms. The van der Waals surface area contributed by atoms with Gasteiger partial charge in [-0.15, -0.1) is 0 Å². The van der Waals surface area contributed by atoms with Crippen LogP contribution in [0.1, 0.15) is 20.8 Å². The highest BCUT2D eigenvalue weighted by Gasteiger charge is 2.41. The van der Waals surface area contributed by atoms with Gasteiger partial charge in [0.2, 0.25) is 5.91 Å². The van der Waals surface area contributed by atoms with E-state index in [-0.39, 0.29) is 17.5 Å². The summed E-state index contributed by atoms with van der Waals surface area (Å²) in [5.41, 5.74) is 3.15. The van der Waals surface area contributed by atoms with Gasteiger partial charge in [0.1, 0.15) is 6.04 Å². The van der Waals surface area contributed by atoms with E-state index in [9.17, 15) is 4.79 Å². The molecule has 2 heterocycles. The lowest BCUT2D eigenvalue weighted by atomic mass is 10.0. The molecule has 0 aromatic rings. The molecule has 5 nitrogen and oxygen atoms in total. The van der Waals surface area contributed by atoms with Gasteiger partial charge in [0.15, 0.2) is 0 Å². The molecular formula is C9H18N4O. The fourth-order valence-electron chi connectivity index (χ4n) is 1.92. The van der Waals surface area contributed by atoms with Crippen LogP contribution in [0, 0.1) is 0 Å². The Labute approximate surface area is 84.4 Å². The summed E-state index contributed by atoms with van der Waals surface area (Å²) in [5.74, 6) is 0.223. The molecule has 0 bridgehead atoms. The van der Waals surface area contributed by atoms with Crippen molar-refractivity contribution in [2.45, 2.75) is 32.4 Å². The number of carbonyl (C=O) groups excluding carboxylic acids is 1. The Morgan fingerprint density at radius 3 is 2.71 bits per heavy atom. The number of nitrogens with one attached hydrogen (secondary N) is 2. The van der Waals surface area contributed by atoms with Crippen molar-refractivity contribution in [1.82, 2.24) is 20.7 Å². The summed E-state index contributed by atoms with van der Waals surface area (Å²) in [7, 11) is 0. The van der Waals surface area contributed by atoms with Gasteiger partial charge in [0, 0.05) is 12.1 Å². The Bertz CT molecular complexity index is 248. The Morgan fingerprint density at radius 1 is 1.36 bits per heavy atom. The molecule has 80 valence electrons. The maximum atomic E-state index is 12.1. The summed E-state index contributed by atoms with van der Waals surface area (Å²) in [5, 5.41) is 5.16. The van der Waals surface area contributed by atoms with Gasteiger partial charge in [-0.05, 0) is 20.8 Å². The number of hydrogen-bond donors (Lipinski definition) is 2. The van der Waals surface area contributed by atoms with Crippen LogP contribution in [0.2, 0.25) is 0 Å². The van der Waals surface area contributed by atoms with Gasteiger partial charge in [-0.25, -0.2) is 10.4 Å². The summed E-state index contributed by atoms with van der Waals surface area (Å²) >= 11 is 0. The third-order valence-electron chi connectivity index (χ3n) is 2.79. The van der Waals surface area contributed by atoms with E-state index in [0.29, 0.717) is 6.67 Å². The van der Waals surface area contributed by atoms with Gasteiger partial charge < -0.3 is 10.2 Å². The predicted octanol–water partition coefficient (Wildman–Crippen LogP) is -0.679. The lowest BCUT2D eigenvalue weighted by molar-refractivity contribution is -0.150. The molecule has 0 aromatic heterocycles. The zero-order valence-electron chi connectivity index (χ0n) is 9.00. The lowest BCUT2D eigenvalue weighted by Gasteiger charge is -2.43. The number of amides is 1. The standard InChI is InChI=1S/C9H18N4O/c1-9(2,3)12-6-11-13-5-10-4-7(13)8(12)14/h7,10-11H,4-6H2,1-3H3. The first-order valence-electron chi connectivity index (χ1n) is 5.02. The second-order valence-electron chi connectivity index (χ2n) is 4.85. The molecular weight excluding hydrogens is 180 g/mol. The minimum Gasteiger partial charge on any atom is -0.322 e. The monoisotopic (exact) mass is 198 g/mol. The van der Waals surface area contributed by atoms with Crippen LogP contribution < -0.4 is 10.7 Å². The summed E-state index contributed by atoms with van der Waals surface area (Å²) in [6, 6.07) is -0.0250. The van der Waals surface area contributed by atoms with Crippen molar-refractivity contribution in [3.8, 4) is 0 Å². The van der Waals surface area contributed by atoms with E-state index >= 15 is 0 Å². The first kappa shape index (κ1) is 9.89. The average molecular weight is 198 g/mol. The number of nitrogens with zero attached hydrogens (tertiary/aromatic N) is 2. The van der Waals surface area contributed by atoms with Crippen molar-refractivity contribution in [2.24, 2.45) is 0 Å². The Kier molecular flexibility index (Phi) is 2.25. The highest BCUT2D eigenvalue weighted by molar-refractivity contribution is 5.83. The van der Waals surface area contributed by atoms with Crippen LogP contribution in [-0.2, 0) is 4.79 Å². The number of hydrazine groups is 1. The fourth-order valence-corrected chi connectivity index (χ4v) is 1.92. The number of hydrogen-bond acceptors (Lipinski definition) is 4. The Hall–Kier alpha value is -0.650. The molecule has 1 atom stereocenters. The van der Waals surface area contributed by atoms with E-state index < -0.39 is 0 Å². The van der Waals surface area contributed by atoms with Gasteiger partial charge in [0.05, 0.1) is 13.3 Å². The molecule has 2 aliphatic heterocycles. The number of rotatable bonds is 0. The van der Waals surface area contributed by atoms with Crippen molar-refractivity contribution in [3.63, 3.8) is 0 Å². The maximum absolute atomic E-state index is 12.1. The van der Waals surface area contributed by atoms with E-state index in [4.69, 9.17) is 0 Å². The minimum absolute atomic E-state index is 0.0250. The number of carbonyl (C=O) groups is 1. The topological polar surface area (TPSA) is 47.6 Å². The van der Waals surface area contributed by atoms with Crippen LogP contribution >= 0.6 is 0 Å². The largest absolute Gasteiger partial charge is 0.322 e. The molecule has 2 fully saturated rings. The average Bonchev–Trinajstić information content (AvgIpc) is 2.50. The van der Waals surface area contributed by atoms with E-state index in [2.05, 4.69) is 31.5 Å². The van der Waals surface area contributed by atoms with Crippen LogP contribution in [0.25, 0.3) is 0 Å². The smallest absolute Gasteiger partial charge is 0.244 e. The minimum atomic E-state index is -0.0984. The SMILES string of the molecule is CC(C)(C)N1CNN2CNCC2C1=O. The summed E-state index contributed by atoms with van der Waals surface area (Å²) in [6.45, 7) is 8.30. The van der Waals surface area contributed by atoms with E-state index in [1.54, 1.807) is 0 Å². The predicted molar refractivity (Wildman–Crippen MR) is 53.1 cm³/mol. The highest BCUT2D eigenvalue weighted by atomic mass is 16.2. The van der Waals surface area contributed by atoms with Crippen molar-refractivity contribution in [3.05, 3.63) is 0 Å². The van der Waals surface area contributed by atoms with Crippen LogP contribution in [0.5, 0.6) is 0 Å². The zero-order chi connectivity index (χ0) is 10.3. The van der Waals surface area contributed by atoms with Gasteiger partial charge in [-0.3, -0.25) is 4.79 Å². The van der Waals surface area contributed by atoms with Crippen molar-refractivity contribution >= 4 is 5.91 Å². The maximum Gasteiger partial charge on any atom is 0.244 e. The third-order valence-corrected chi connectivity index (χ3v) is 2.79. The molecule has 0 radical (unpaired) electrons. The summed E-state index contributed by atoms with van der Waals surface area (Å²) in [6.07, 6.45) is 0. The van der Waals surface area contributed by atoms with E-state index in [1.165, 1.54) is 0 Å². The van der Waals surface area contributed by atoms with Gasteiger partial charge in [0.25, 0.3) is 0 Å². The molecule has 2 N–H and O–H groups in total. The van der Waals surface area contributed by atoms with Crippen LogP contribution in [0.4, 0.5) is 0 Å². The van der Waals surface area contributed by atoms with Crippen LogP contribution in [-0.4, -0.2) is 47.3 Å². The van der Waals surface area contributed by atoms with Crippen LogP contribution in [0.3, 0.4) is 0 Å². The quantitative estimate of drug-likeness (QED) is 0.541. The molecule has 2 rings (SSSR count). The molecule has 2 saturated heterocycles.